The molecule has 0 aromatic heterocycles. The summed E-state index contributed by atoms with van der Waals surface area (Å²) in [4.78, 5) is 0. The second kappa shape index (κ2) is 2.40. The van der Waals surface area contributed by atoms with Gasteiger partial charge in [0.1, 0.15) is 0 Å². The molecule has 1 nitrogen and oxygen atoms in total. The highest BCUT2D eigenvalue weighted by Crippen LogP contribution is 2.17. The lowest BCUT2D eigenvalue weighted by Crippen LogP contribution is -1.75. The van der Waals surface area contributed by atoms with Gasteiger partial charge in [0.15, 0.2) is 0 Å². The highest BCUT2D eigenvalue weighted by atomic mass is 79.9. The van der Waals surface area contributed by atoms with E-state index >= 15 is 0 Å². The molecule has 1 aromatic rings. The fourth-order valence-corrected chi connectivity index (χ4v) is 1.10. The van der Waals surface area contributed by atoms with Crippen LogP contribution in [0, 0.1) is 6.92 Å². The van der Waals surface area contributed by atoms with Crippen molar-refractivity contribution < 1.29 is 0 Å². The number of rotatable bonds is 0. The highest BCUT2D eigenvalue weighted by molar-refractivity contribution is 9.10. The van der Waals surface area contributed by atoms with Gasteiger partial charge in [0, 0.05) is 4.47 Å². The van der Waals surface area contributed by atoms with Crippen molar-refractivity contribution >= 4 is 21.6 Å². The van der Waals surface area contributed by atoms with Crippen LogP contribution in [0.15, 0.2) is 22.7 Å². The first-order chi connectivity index (χ1) is 4.20. The SMILES string of the molecule is Cc1cc(Br)ccc1[NH]. The van der Waals surface area contributed by atoms with Gasteiger partial charge in [0.25, 0.3) is 0 Å². The Morgan fingerprint density at radius 3 is 2.56 bits per heavy atom. The van der Waals surface area contributed by atoms with Crippen molar-refractivity contribution in [3.8, 4) is 0 Å². The van der Waals surface area contributed by atoms with Gasteiger partial charge in [-0.2, -0.15) is 0 Å². The van der Waals surface area contributed by atoms with Crippen LogP contribution in [0.25, 0.3) is 0 Å². The van der Waals surface area contributed by atoms with Gasteiger partial charge in [0.2, 0.25) is 0 Å². The predicted molar refractivity (Wildman–Crippen MR) is 41.6 cm³/mol. The average molecular weight is 185 g/mol. The maximum Gasteiger partial charge on any atom is 0.0569 e. The van der Waals surface area contributed by atoms with Crippen molar-refractivity contribution in [1.29, 1.82) is 0 Å². The Labute approximate surface area is 63.0 Å². The third kappa shape index (κ3) is 1.45. The van der Waals surface area contributed by atoms with E-state index in [1.54, 1.807) is 6.07 Å². The third-order valence-corrected chi connectivity index (χ3v) is 1.68. The molecule has 1 rings (SSSR count). The molecule has 0 unspecified atom stereocenters. The normalized spacial score (nSPS) is 9.56. The van der Waals surface area contributed by atoms with Crippen LogP contribution in [0.2, 0.25) is 0 Å². The zero-order valence-electron chi connectivity index (χ0n) is 5.11. The molecule has 0 atom stereocenters. The average Bonchev–Trinajstić information content (AvgIpc) is 1.80. The van der Waals surface area contributed by atoms with Crippen molar-refractivity contribution in [2.24, 2.45) is 0 Å². The van der Waals surface area contributed by atoms with Crippen LogP contribution < -0.4 is 5.73 Å². The van der Waals surface area contributed by atoms with E-state index < -0.39 is 0 Å². The Balaban J connectivity index is 3.17. The number of benzene rings is 1. The first-order valence-electron chi connectivity index (χ1n) is 2.68. The van der Waals surface area contributed by atoms with Crippen molar-refractivity contribution in [3.63, 3.8) is 0 Å². The lowest BCUT2D eigenvalue weighted by molar-refractivity contribution is 1.36. The van der Waals surface area contributed by atoms with Gasteiger partial charge >= 0.3 is 0 Å². The maximum atomic E-state index is 7.30. The number of halogens is 1. The van der Waals surface area contributed by atoms with E-state index in [9.17, 15) is 0 Å². The van der Waals surface area contributed by atoms with Crippen LogP contribution in [-0.2, 0) is 0 Å². The molecular weight excluding hydrogens is 178 g/mol. The Bertz CT molecular complexity index is 220. The molecule has 0 aliphatic rings. The first-order valence-corrected chi connectivity index (χ1v) is 3.47. The van der Waals surface area contributed by atoms with Crippen LogP contribution in [0.5, 0.6) is 0 Å². The smallest absolute Gasteiger partial charge is 0.0569 e. The quantitative estimate of drug-likeness (QED) is 0.593. The summed E-state index contributed by atoms with van der Waals surface area (Å²) in [5.74, 6) is 0. The molecule has 0 saturated carbocycles. The van der Waals surface area contributed by atoms with E-state index in [2.05, 4.69) is 15.9 Å². The molecular formula is C7H7BrN. The molecule has 0 saturated heterocycles. The van der Waals surface area contributed by atoms with Gasteiger partial charge in [0.05, 0.1) is 5.69 Å². The van der Waals surface area contributed by atoms with Crippen molar-refractivity contribution in [2.75, 3.05) is 0 Å². The molecule has 1 radical (unpaired) electrons. The minimum atomic E-state index is 0.596. The monoisotopic (exact) mass is 184 g/mol. The number of hydrogen-bond acceptors (Lipinski definition) is 0. The molecule has 0 spiro atoms. The second-order valence-corrected chi connectivity index (χ2v) is 2.87. The topological polar surface area (TPSA) is 23.8 Å². The summed E-state index contributed by atoms with van der Waals surface area (Å²) >= 11 is 3.31. The Morgan fingerprint density at radius 2 is 2.11 bits per heavy atom. The minimum absolute atomic E-state index is 0.596. The molecule has 0 aliphatic carbocycles. The summed E-state index contributed by atoms with van der Waals surface area (Å²) in [6.45, 7) is 1.92. The summed E-state index contributed by atoms with van der Waals surface area (Å²) in [6.07, 6.45) is 0. The Kier molecular flexibility index (Phi) is 1.76. The summed E-state index contributed by atoms with van der Waals surface area (Å²) in [6, 6.07) is 5.58. The van der Waals surface area contributed by atoms with Gasteiger partial charge in [-0.1, -0.05) is 15.9 Å². The van der Waals surface area contributed by atoms with Crippen molar-refractivity contribution in [1.82, 2.24) is 5.73 Å². The van der Waals surface area contributed by atoms with Crippen molar-refractivity contribution in [2.45, 2.75) is 6.92 Å². The predicted octanol–water partition coefficient (Wildman–Crippen LogP) is 2.67. The minimum Gasteiger partial charge on any atom is -0.301 e. The third-order valence-electron chi connectivity index (χ3n) is 1.19. The van der Waals surface area contributed by atoms with Gasteiger partial charge in [-0.3, -0.25) is 0 Å². The fraction of sp³-hybridized carbons (Fsp3) is 0.143. The molecule has 0 bridgehead atoms. The van der Waals surface area contributed by atoms with Crippen LogP contribution >= 0.6 is 15.9 Å². The van der Waals surface area contributed by atoms with E-state index in [4.69, 9.17) is 5.73 Å². The molecule has 47 valence electrons. The van der Waals surface area contributed by atoms with Gasteiger partial charge in [-0.25, -0.2) is 0 Å². The second-order valence-electron chi connectivity index (χ2n) is 1.96. The van der Waals surface area contributed by atoms with Crippen LogP contribution in [0.3, 0.4) is 0 Å². The van der Waals surface area contributed by atoms with Crippen molar-refractivity contribution in [3.05, 3.63) is 28.2 Å². The molecule has 0 heterocycles. The summed E-state index contributed by atoms with van der Waals surface area (Å²) in [5, 5.41) is 0. The molecule has 0 amide bonds. The zero-order chi connectivity index (χ0) is 6.85. The summed E-state index contributed by atoms with van der Waals surface area (Å²) in [5.41, 5.74) is 8.89. The molecule has 2 heteroatoms. The maximum absolute atomic E-state index is 7.30. The largest absolute Gasteiger partial charge is 0.301 e. The highest BCUT2D eigenvalue weighted by Gasteiger charge is 1.91. The van der Waals surface area contributed by atoms with Gasteiger partial charge < -0.3 is 5.73 Å². The molecule has 1 N–H and O–H groups in total. The lowest BCUT2D eigenvalue weighted by Gasteiger charge is -1.96. The fourth-order valence-electron chi connectivity index (χ4n) is 0.627. The van der Waals surface area contributed by atoms with Gasteiger partial charge in [-0.15, -0.1) is 0 Å². The standard InChI is InChI=1S/C7H7BrN/c1-5-4-6(8)2-3-7(5)9/h2-4,9H,1H3. The Morgan fingerprint density at radius 1 is 1.44 bits per heavy atom. The molecule has 1 aromatic carbocycles. The van der Waals surface area contributed by atoms with Crippen LogP contribution in [0.4, 0.5) is 5.69 Å². The summed E-state index contributed by atoms with van der Waals surface area (Å²) < 4.78 is 1.04. The number of aryl methyl sites for hydroxylation is 1. The van der Waals surface area contributed by atoms with E-state index in [0.717, 1.165) is 10.0 Å². The molecule has 0 fully saturated rings. The van der Waals surface area contributed by atoms with Gasteiger partial charge in [-0.05, 0) is 30.7 Å². The first kappa shape index (κ1) is 6.62. The van der Waals surface area contributed by atoms with Crippen LogP contribution in [-0.4, -0.2) is 0 Å². The van der Waals surface area contributed by atoms with E-state index in [1.165, 1.54) is 0 Å². The molecule has 0 aliphatic heterocycles. The van der Waals surface area contributed by atoms with E-state index in [0.29, 0.717) is 5.69 Å². The van der Waals surface area contributed by atoms with Crippen LogP contribution in [0.1, 0.15) is 5.56 Å². The molecule has 9 heavy (non-hydrogen) atoms. The number of hydrogen-bond donors (Lipinski definition) is 0. The Hall–Kier alpha value is -0.500. The van der Waals surface area contributed by atoms with E-state index in [-0.39, 0.29) is 0 Å². The number of nitrogens with one attached hydrogen (secondary N) is 1. The van der Waals surface area contributed by atoms with E-state index in [1.807, 2.05) is 19.1 Å². The lowest BCUT2D eigenvalue weighted by atomic mass is 10.2. The summed E-state index contributed by atoms with van der Waals surface area (Å²) in [7, 11) is 0. The zero-order valence-corrected chi connectivity index (χ0v) is 6.70.